The number of carboxylic acid groups (broad SMARTS) is 1. The fourth-order valence-corrected chi connectivity index (χ4v) is 3.21. The van der Waals surface area contributed by atoms with Crippen molar-refractivity contribution >= 4 is 5.97 Å². The number of fused-ring (bicyclic) bond motifs is 2. The maximum absolute atomic E-state index is 13.2. The number of benzene rings is 1. The molecule has 1 aromatic rings. The number of carbonyl (C=O) groups is 1. The van der Waals surface area contributed by atoms with E-state index in [4.69, 9.17) is 4.74 Å². The third-order valence-electron chi connectivity index (χ3n) is 4.00. The summed E-state index contributed by atoms with van der Waals surface area (Å²) in [6, 6.07) is 6.39. The smallest absolute Gasteiger partial charge is 0.312 e. The lowest BCUT2D eigenvalue weighted by Gasteiger charge is -2.58. The zero-order valence-corrected chi connectivity index (χ0v) is 9.28. The van der Waals surface area contributed by atoms with Gasteiger partial charge < -0.3 is 9.84 Å². The molecule has 1 saturated carbocycles. The van der Waals surface area contributed by atoms with E-state index in [1.165, 1.54) is 12.1 Å². The van der Waals surface area contributed by atoms with Gasteiger partial charge in [-0.05, 0) is 30.5 Å². The Labute approximate surface area is 98.2 Å². The Morgan fingerprint density at radius 1 is 1.35 bits per heavy atom. The van der Waals surface area contributed by atoms with Crippen LogP contribution in [0.4, 0.5) is 4.39 Å². The Balaban J connectivity index is 1.93. The molecule has 2 heterocycles. The SMILES string of the molecule is O=C(O)C12COCC(c3cccc(F)c3)(C1)C2. The monoisotopic (exact) mass is 236 g/mol. The second-order valence-electron chi connectivity index (χ2n) is 5.22. The van der Waals surface area contributed by atoms with Crippen LogP contribution in [0.3, 0.4) is 0 Å². The van der Waals surface area contributed by atoms with Crippen molar-refractivity contribution in [3.63, 3.8) is 0 Å². The van der Waals surface area contributed by atoms with Crippen LogP contribution in [0, 0.1) is 11.2 Å². The van der Waals surface area contributed by atoms with Crippen molar-refractivity contribution in [1.29, 1.82) is 0 Å². The van der Waals surface area contributed by atoms with Crippen molar-refractivity contribution < 1.29 is 19.0 Å². The van der Waals surface area contributed by atoms with Gasteiger partial charge in [0, 0.05) is 5.41 Å². The first-order valence-electron chi connectivity index (χ1n) is 5.64. The van der Waals surface area contributed by atoms with Gasteiger partial charge in [-0.25, -0.2) is 4.39 Å². The van der Waals surface area contributed by atoms with Crippen molar-refractivity contribution in [2.24, 2.45) is 5.41 Å². The number of carboxylic acids is 1. The van der Waals surface area contributed by atoms with Crippen LogP contribution in [0.5, 0.6) is 0 Å². The van der Waals surface area contributed by atoms with E-state index in [0.717, 1.165) is 5.56 Å². The molecule has 2 bridgehead atoms. The van der Waals surface area contributed by atoms with Gasteiger partial charge in [-0.3, -0.25) is 4.79 Å². The van der Waals surface area contributed by atoms with Gasteiger partial charge in [0.15, 0.2) is 0 Å². The molecule has 3 nitrogen and oxygen atoms in total. The van der Waals surface area contributed by atoms with Gasteiger partial charge in [0.25, 0.3) is 0 Å². The van der Waals surface area contributed by atoms with Crippen molar-refractivity contribution in [2.45, 2.75) is 18.3 Å². The summed E-state index contributed by atoms with van der Waals surface area (Å²) in [6.07, 6.45) is 1.11. The van der Waals surface area contributed by atoms with E-state index in [2.05, 4.69) is 0 Å². The van der Waals surface area contributed by atoms with Crippen LogP contribution in [-0.2, 0) is 14.9 Å². The zero-order valence-electron chi connectivity index (χ0n) is 9.28. The van der Waals surface area contributed by atoms with Crippen molar-refractivity contribution in [2.75, 3.05) is 13.2 Å². The first kappa shape index (κ1) is 10.7. The second kappa shape index (κ2) is 3.29. The third kappa shape index (κ3) is 1.40. The van der Waals surface area contributed by atoms with Crippen LogP contribution in [0.2, 0.25) is 0 Å². The molecule has 0 spiro atoms. The lowest BCUT2D eigenvalue weighted by atomic mass is 9.49. The highest BCUT2D eigenvalue weighted by molar-refractivity contribution is 5.77. The van der Waals surface area contributed by atoms with Gasteiger partial charge in [-0.15, -0.1) is 0 Å². The average molecular weight is 236 g/mol. The van der Waals surface area contributed by atoms with Crippen LogP contribution < -0.4 is 0 Å². The Hall–Kier alpha value is -1.42. The van der Waals surface area contributed by atoms with Crippen LogP contribution in [0.25, 0.3) is 0 Å². The summed E-state index contributed by atoms with van der Waals surface area (Å²) in [7, 11) is 0. The first-order valence-corrected chi connectivity index (χ1v) is 5.64. The molecule has 1 aromatic carbocycles. The number of rotatable bonds is 2. The summed E-state index contributed by atoms with van der Waals surface area (Å²) in [5.74, 6) is -1.08. The molecule has 3 fully saturated rings. The highest BCUT2D eigenvalue weighted by Gasteiger charge is 2.63. The number of hydrogen-bond acceptors (Lipinski definition) is 2. The van der Waals surface area contributed by atoms with Crippen LogP contribution in [0.15, 0.2) is 24.3 Å². The molecule has 0 amide bonds. The minimum Gasteiger partial charge on any atom is -0.481 e. The summed E-state index contributed by atoms with van der Waals surface area (Å²) in [4.78, 5) is 11.2. The Kier molecular flexibility index (Phi) is 2.08. The second-order valence-corrected chi connectivity index (χ2v) is 5.22. The molecule has 0 atom stereocenters. The fraction of sp³-hybridized carbons (Fsp3) is 0.462. The zero-order chi connectivity index (χ0) is 12.1. The van der Waals surface area contributed by atoms with Crippen molar-refractivity contribution in [3.8, 4) is 0 Å². The number of halogens is 1. The number of hydrogen-bond donors (Lipinski definition) is 1. The van der Waals surface area contributed by atoms with Gasteiger partial charge in [0.1, 0.15) is 5.82 Å². The largest absolute Gasteiger partial charge is 0.481 e. The van der Waals surface area contributed by atoms with Crippen LogP contribution in [-0.4, -0.2) is 24.3 Å². The van der Waals surface area contributed by atoms with Gasteiger partial charge in [-0.2, -0.15) is 0 Å². The normalized spacial score (nSPS) is 35.1. The van der Waals surface area contributed by atoms with Gasteiger partial charge >= 0.3 is 5.97 Å². The van der Waals surface area contributed by atoms with E-state index in [1.807, 2.05) is 6.07 Å². The maximum Gasteiger partial charge on any atom is 0.312 e. The summed E-state index contributed by atoms with van der Waals surface area (Å²) < 4.78 is 18.6. The van der Waals surface area contributed by atoms with E-state index in [1.54, 1.807) is 6.07 Å². The molecule has 4 rings (SSSR count). The van der Waals surface area contributed by atoms with E-state index in [-0.39, 0.29) is 17.8 Å². The molecular weight excluding hydrogens is 223 g/mol. The number of ether oxygens (including phenoxy) is 1. The lowest BCUT2D eigenvalue weighted by molar-refractivity contribution is -0.192. The quantitative estimate of drug-likeness (QED) is 0.853. The highest BCUT2D eigenvalue weighted by Crippen LogP contribution is 2.59. The third-order valence-corrected chi connectivity index (χ3v) is 4.00. The van der Waals surface area contributed by atoms with E-state index in [9.17, 15) is 14.3 Å². The van der Waals surface area contributed by atoms with E-state index >= 15 is 0 Å². The molecule has 4 heteroatoms. The molecule has 2 aliphatic heterocycles. The topological polar surface area (TPSA) is 46.5 Å². The van der Waals surface area contributed by atoms with Crippen molar-refractivity contribution in [1.82, 2.24) is 0 Å². The van der Waals surface area contributed by atoms with Gasteiger partial charge in [-0.1, -0.05) is 12.1 Å². The maximum atomic E-state index is 13.2. The molecular formula is C13H13FO3. The molecule has 17 heavy (non-hydrogen) atoms. The van der Waals surface area contributed by atoms with Crippen LogP contribution in [0.1, 0.15) is 18.4 Å². The molecule has 0 unspecified atom stereocenters. The first-order chi connectivity index (χ1) is 8.06. The summed E-state index contributed by atoms with van der Waals surface area (Å²) >= 11 is 0. The summed E-state index contributed by atoms with van der Waals surface area (Å²) in [6.45, 7) is 0.769. The number of aliphatic carboxylic acids is 1. The highest BCUT2D eigenvalue weighted by atomic mass is 19.1. The molecule has 90 valence electrons. The predicted molar refractivity (Wildman–Crippen MR) is 58.2 cm³/mol. The molecule has 1 aliphatic carbocycles. The van der Waals surface area contributed by atoms with Crippen molar-refractivity contribution in [3.05, 3.63) is 35.6 Å². The summed E-state index contributed by atoms with van der Waals surface area (Å²) in [5, 5.41) is 9.20. The standard InChI is InChI=1S/C13H13FO3/c14-10-3-1-2-9(4-10)12-5-13(6-12,11(15)16)8-17-7-12/h1-4H,5-8H2,(H,15,16). The van der Waals surface area contributed by atoms with E-state index < -0.39 is 11.4 Å². The van der Waals surface area contributed by atoms with E-state index in [0.29, 0.717) is 19.4 Å². The van der Waals surface area contributed by atoms with Gasteiger partial charge in [0.2, 0.25) is 0 Å². The molecule has 1 N–H and O–H groups in total. The predicted octanol–water partition coefficient (Wildman–Crippen LogP) is 1.96. The Morgan fingerprint density at radius 3 is 2.76 bits per heavy atom. The molecule has 0 aromatic heterocycles. The Morgan fingerprint density at radius 2 is 2.12 bits per heavy atom. The van der Waals surface area contributed by atoms with Gasteiger partial charge in [0.05, 0.1) is 18.6 Å². The molecule has 0 radical (unpaired) electrons. The lowest BCUT2D eigenvalue weighted by Crippen LogP contribution is -2.62. The fourth-order valence-electron chi connectivity index (χ4n) is 3.21. The van der Waals surface area contributed by atoms with Crippen LogP contribution >= 0.6 is 0 Å². The Bertz CT molecular complexity index is 477. The minimum atomic E-state index is -0.802. The average Bonchev–Trinajstić information content (AvgIpc) is 2.28. The minimum absolute atomic E-state index is 0.277. The summed E-state index contributed by atoms with van der Waals surface area (Å²) in [5.41, 5.74) is -0.183. The molecule has 3 aliphatic rings. The molecule has 2 saturated heterocycles.